The van der Waals surface area contributed by atoms with E-state index < -0.39 is 18.0 Å². The maximum Gasteiger partial charge on any atom is 0.325 e. The van der Waals surface area contributed by atoms with E-state index in [0.717, 1.165) is 6.42 Å². The van der Waals surface area contributed by atoms with E-state index in [2.05, 4.69) is 10.6 Å². The summed E-state index contributed by atoms with van der Waals surface area (Å²) >= 11 is 0. The number of urea groups is 1. The van der Waals surface area contributed by atoms with E-state index in [1.807, 2.05) is 13.8 Å². The Bertz CT molecular complexity index is 317. The molecular formula is C11H20N2O4. The van der Waals surface area contributed by atoms with Crippen LogP contribution in [0.5, 0.6) is 0 Å². The number of carboxylic acids is 1. The number of methoxy groups -OCH3 is 1. The van der Waals surface area contributed by atoms with Crippen LogP contribution < -0.4 is 10.6 Å². The molecule has 3 N–H and O–H groups in total. The SMILES string of the molecule is COC1CC(NC(=O)N[C@H](C)C(=O)O)C1(C)C. The van der Waals surface area contributed by atoms with Crippen molar-refractivity contribution in [3.05, 3.63) is 0 Å². The number of aliphatic carboxylic acids is 1. The molecule has 0 aromatic heterocycles. The first-order valence-corrected chi connectivity index (χ1v) is 5.61. The van der Waals surface area contributed by atoms with Crippen molar-refractivity contribution in [2.24, 2.45) is 5.41 Å². The Hall–Kier alpha value is -1.30. The molecule has 6 nitrogen and oxygen atoms in total. The van der Waals surface area contributed by atoms with E-state index >= 15 is 0 Å². The van der Waals surface area contributed by atoms with Crippen molar-refractivity contribution < 1.29 is 19.4 Å². The zero-order valence-corrected chi connectivity index (χ0v) is 10.6. The Kier molecular flexibility index (Phi) is 3.98. The third kappa shape index (κ3) is 2.88. The van der Waals surface area contributed by atoms with Gasteiger partial charge in [-0.25, -0.2) is 4.79 Å². The van der Waals surface area contributed by atoms with Gasteiger partial charge in [-0.15, -0.1) is 0 Å². The molecule has 2 amide bonds. The molecule has 0 saturated heterocycles. The van der Waals surface area contributed by atoms with E-state index in [4.69, 9.17) is 9.84 Å². The third-order valence-corrected chi connectivity index (χ3v) is 3.49. The van der Waals surface area contributed by atoms with Gasteiger partial charge in [0.25, 0.3) is 0 Å². The number of hydrogen-bond donors (Lipinski definition) is 3. The first-order chi connectivity index (χ1) is 7.78. The molecule has 0 aromatic carbocycles. The summed E-state index contributed by atoms with van der Waals surface area (Å²) in [5.41, 5.74) is -0.126. The van der Waals surface area contributed by atoms with Crippen LogP contribution in [0, 0.1) is 5.41 Å². The minimum atomic E-state index is -1.05. The van der Waals surface area contributed by atoms with E-state index in [0.29, 0.717) is 0 Å². The normalized spacial score (nSPS) is 27.8. The van der Waals surface area contributed by atoms with Gasteiger partial charge >= 0.3 is 12.0 Å². The number of nitrogens with one attached hydrogen (secondary N) is 2. The van der Waals surface area contributed by atoms with Gasteiger partial charge in [0.2, 0.25) is 0 Å². The molecule has 1 aliphatic rings. The molecule has 2 unspecified atom stereocenters. The molecule has 0 aliphatic heterocycles. The molecule has 6 heteroatoms. The molecule has 1 rings (SSSR count). The fraction of sp³-hybridized carbons (Fsp3) is 0.818. The Labute approximate surface area is 101 Å². The molecule has 1 aliphatic carbocycles. The summed E-state index contributed by atoms with van der Waals surface area (Å²) in [6.07, 6.45) is 0.878. The molecule has 0 spiro atoms. The van der Waals surface area contributed by atoms with Gasteiger partial charge in [-0.05, 0) is 13.3 Å². The quantitative estimate of drug-likeness (QED) is 0.674. The van der Waals surface area contributed by atoms with Gasteiger partial charge in [0, 0.05) is 18.6 Å². The first kappa shape index (κ1) is 13.8. The molecule has 98 valence electrons. The largest absolute Gasteiger partial charge is 0.480 e. The number of carboxylic acid groups (broad SMARTS) is 1. The first-order valence-electron chi connectivity index (χ1n) is 5.61. The van der Waals surface area contributed by atoms with Crippen molar-refractivity contribution in [1.29, 1.82) is 0 Å². The van der Waals surface area contributed by atoms with Crippen molar-refractivity contribution >= 4 is 12.0 Å². The molecule has 1 fully saturated rings. The van der Waals surface area contributed by atoms with E-state index in [9.17, 15) is 9.59 Å². The predicted molar refractivity (Wildman–Crippen MR) is 61.7 cm³/mol. The molecule has 17 heavy (non-hydrogen) atoms. The summed E-state index contributed by atoms with van der Waals surface area (Å²) in [7, 11) is 1.65. The molecular weight excluding hydrogens is 224 g/mol. The van der Waals surface area contributed by atoms with Crippen molar-refractivity contribution in [1.82, 2.24) is 10.6 Å². The van der Waals surface area contributed by atoms with Crippen LogP contribution in [0.2, 0.25) is 0 Å². The lowest BCUT2D eigenvalue weighted by atomic mass is 9.64. The average Bonchev–Trinajstić information content (AvgIpc) is 2.23. The lowest BCUT2D eigenvalue weighted by Gasteiger charge is -2.51. The highest BCUT2D eigenvalue weighted by Gasteiger charge is 2.49. The van der Waals surface area contributed by atoms with Crippen LogP contribution in [0.25, 0.3) is 0 Å². The molecule has 0 bridgehead atoms. The summed E-state index contributed by atoms with van der Waals surface area (Å²) in [5.74, 6) is -1.05. The summed E-state index contributed by atoms with van der Waals surface area (Å²) in [6.45, 7) is 5.44. The summed E-state index contributed by atoms with van der Waals surface area (Å²) < 4.78 is 5.27. The predicted octanol–water partition coefficient (Wildman–Crippen LogP) is 0.572. The topological polar surface area (TPSA) is 87.7 Å². The van der Waals surface area contributed by atoms with Crippen molar-refractivity contribution in [3.8, 4) is 0 Å². The van der Waals surface area contributed by atoms with Crippen molar-refractivity contribution in [2.45, 2.75) is 45.4 Å². The van der Waals surface area contributed by atoms with Gasteiger partial charge in [0.05, 0.1) is 6.10 Å². The second-order valence-corrected chi connectivity index (χ2v) is 5.01. The van der Waals surface area contributed by atoms with Gasteiger partial charge in [-0.2, -0.15) is 0 Å². The number of rotatable bonds is 4. The van der Waals surface area contributed by atoms with Crippen LogP contribution in [0.4, 0.5) is 4.79 Å². The smallest absolute Gasteiger partial charge is 0.325 e. The Morgan fingerprint density at radius 3 is 2.47 bits per heavy atom. The zero-order valence-electron chi connectivity index (χ0n) is 10.6. The summed E-state index contributed by atoms with van der Waals surface area (Å²) in [4.78, 5) is 22.1. The fourth-order valence-electron chi connectivity index (χ4n) is 1.99. The van der Waals surface area contributed by atoms with Gasteiger partial charge in [0.1, 0.15) is 6.04 Å². The molecule has 0 heterocycles. The number of hydrogen-bond acceptors (Lipinski definition) is 3. The van der Waals surface area contributed by atoms with Gasteiger partial charge < -0.3 is 20.5 Å². The van der Waals surface area contributed by atoms with Crippen LogP contribution >= 0.6 is 0 Å². The van der Waals surface area contributed by atoms with Crippen LogP contribution in [-0.4, -0.2) is 42.4 Å². The van der Waals surface area contributed by atoms with Gasteiger partial charge in [-0.3, -0.25) is 4.79 Å². The van der Waals surface area contributed by atoms with Crippen molar-refractivity contribution in [2.75, 3.05) is 7.11 Å². The highest BCUT2D eigenvalue weighted by atomic mass is 16.5. The van der Waals surface area contributed by atoms with Gasteiger partial charge in [-0.1, -0.05) is 13.8 Å². The lowest BCUT2D eigenvalue weighted by Crippen LogP contribution is -2.63. The summed E-state index contributed by atoms with van der Waals surface area (Å²) in [6, 6.07) is -1.34. The Morgan fingerprint density at radius 1 is 1.47 bits per heavy atom. The van der Waals surface area contributed by atoms with Crippen molar-refractivity contribution in [3.63, 3.8) is 0 Å². The maximum atomic E-state index is 11.5. The minimum absolute atomic E-state index is 0.00782. The van der Waals surface area contributed by atoms with Gasteiger partial charge in [0.15, 0.2) is 0 Å². The lowest BCUT2D eigenvalue weighted by molar-refractivity contribution is -0.138. The average molecular weight is 244 g/mol. The monoisotopic (exact) mass is 244 g/mol. The van der Waals surface area contributed by atoms with E-state index in [1.54, 1.807) is 7.11 Å². The number of ether oxygens (including phenoxy) is 1. The second kappa shape index (κ2) is 4.91. The zero-order chi connectivity index (χ0) is 13.2. The minimum Gasteiger partial charge on any atom is -0.480 e. The van der Waals surface area contributed by atoms with Crippen LogP contribution in [0.15, 0.2) is 0 Å². The standard InChI is InChI=1S/C11H20N2O4/c1-6(9(14)15)12-10(16)13-7-5-8(17-4)11(7,2)3/h6-8H,5H2,1-4H3,(H,14,15)(H2,12,13,16)/t6-,7?,8?/m1/s1. The fourth-order valence-corrected chi connectivity index (χ4v) is 1.99. The Morgan fingerprint density at radius 2 is 2.06 bits per heavy atom. The number of amides is 2. The number of carbonyl (C=O) groups is 2. The molecule has 1 saturated carbocycles. The molecule has 3 atom stereocenters. The van der Waals surface area contributed by atoms with E-state index in [1.165, 1.54) is 6.92 Å². The maximum absolute atomic E-state index is 11.5. The second-order valence-electron chi connectivity index (χ2n) is 5.01. The van der Waals surface area contributed by atoms with Crippen LogP contribution in [-0.2, 0) is 9.53 Å². The highest BCUT2D eigenvalue weighted by molar-refractivity contribution is 5.82. The number of carbonyl (C=O) groups excluding carboxylic acids is 1. The van der Waals surface area contributed by atoms with Crippen LogP contribution in [0.3, 0.4) is 0 Å². The summed E-state index contributed by atoms with van der Waals surface area (Å²) in [5, 5.41) is 13.8. The molecule has 0 radical (unpaired) electrons. The highest BCUT2D eigenvalue weighted by Crippen LogP contribution is 2.42. The third-order valence-electron chi connectivity index (χ3n) is 3.49. The molecule has 0 aromatic rings. The Balaban J connectivity index is 2.41. The van der Waals surface area contributed by atoms with E-state index in [-0.39, 0.29) is 17.6 Å². The van der Waals surface area contributed by atoms with Crippen LogP contribution in [0.1, 0.15) is 27.2 Å².